The van der Waals surface area contributed by atoms with E-state index in [1.165, 1.54) is 6.42 Å². The van der Waals surface area contributed by atoms with Crippen LogP contribution in [0.4, 0.5) is 0 Å². The number of ether oxygens (including phenoxy) is 1. The van der Waals surface area contributed by atoms with Crippen molar-refractivity contribution in [3.63, 3.8) is 0 Å². The Bertz CT molecular complexity index is 102. The molecule has 3 atom stereocenters. The highest BCUT2D eigenvalue weighted by Gasteiger charge is 2.30. The van der Waals surface area contributed by atoms with E-state index in [4.69, 9.17) is 4.74 Å². The van der Waals surface area contributed by atoms with Crippen LogP contribution in [0.2, 0.25) is 0 Å². The van der Waals surface area contributed by atoms with Crippen molar-refractivity contribution in [1.82, 2.24) is 0 Å². The van der Waals surface area contributed by atoms with Crippen LogP contribution in [0.25, 0.3) is 0 Å². The first-order valence-electron chi connectivity index (χ1n) is 4.50. The summed E-state index contributed by atoms with van der Waals surface area (Å²) >= 11 is 0. The molecule has 0 aromatic heterocycles. The summed E-state index contributed by atoms with van der Waals surface area (Å²) in [5, 5.41) is 9.70. The first kappa shape index (κ1) is 9.01. The Morgan fingerprint density at radius 3 is 2.73 bits per heavy atom. The Hall–Kier alpha value is -0.0800. The summed E-state index contributed by atoms with van der Waals surface area (Å²) < 4.78 is 5.19. The molecule has 11 heavy (non-hydrogen) atoms. The molecule has 2 heteroatoms. The van der Waals surface area contributed by atoms with Crippen LogP contribution in [0.1, 0.15) is 32.6 Å². The second kappa shape index (κ2) is 4.07. The molecule has 66 valence electrons. The van der Waals surface area contributed by atoms with Crippen LogP contribution in [-0.4, -0.2) is 24.4 Å². The Labute approximate surface area is 68.6 Å². The molecule has 0 amide bonds. The molecule has 2 nitrogen and oxygen atoms in total. The van der Waals surface area contributed by atoms with E-state index < -0.39 is 0 Å². The molecule has 0 aromatic carbocycles. The van der Waals surface area contributed by atoms with Gasteiger partial charge in [-0.3, -0.25) is 0 Å². The molecule has 0 bridgehead atoms. The molecule has 0 aliphatic heterocycles. The van der Waals surface area contributed by atoms with E-state index in [1.807, 2.05) is 0 Å². The third-order valence-electron chi connectivity index (χ3n) is 2.75. The summed E-state index contributed by atoms with van der Waals surface area (Å²) in [6.45, 7) is 2.13. The van der Waals surface area contributed by atoms with E-state index in [9.17, 15) is 5.11 Å². The Kier molecular flexibility index (Phi) is 3.34. The third kappa shape index (κ3) is 1.94. The third-order valence-corrected chi connectivity index (χ3v) is 2.75. The number of hydrogen-bond acceptors (Lipinski definition) is 2. The average molecular weight is 158 g/mol. The Morgan fingerprint density at radius 1 is 1.45 bits per heavy atom. The fraction of sp³-hybridized carbons (Fsp3) is 1.00. The second-order valence-corrected chi connectivity index (χ2v) is 3.36. The van der Waals surface area contributed by atoms with E-state index in [0.29, 0.717) is 5.92 Å². The van der Waals surface area contributed by atoms with Crippen LogP contribution in [0.5, 0.6) is 0 Å². The molecular formula is C9H18O2. The maximum atomic E-state index is 9.70. The zero-order valence-electron chi connectivity index (χ0n) is 7.42. The Morgan fingerprint density at radius 2 is 2.18 bits per heavy atom. The molecule has 1 N–H and O–H groups in total. The molecule has 1 saturated carbocycles. The van der Waals surface area contributed by atoms with Crippen LogP contribution >= 0.6 is 0 Å². The second-order valence-electron chi connectivity index (χ2n) is 3.36. The van der Waals surface area contributed by atoms with Gasteiger partial charge in [0.2, 0.25) is 0 Å². The van der Waals surface area contributed by atoms with E-state index in [2.05, 4.69) is 6.92 Å². The quantitative estimate of drug-likeness (QED) is 0.661. The van der Waals surface area contributed by atoms with Gasteiger partial charge in [-0.1, -0.05) is 19.8 Å². The van der Waals surface area contributed by atoms with E-state index >= 15 is 0 Å². The van der Waals surface area contributed by atoms with Crippen molar-refractivity contribution in [2.24, 2.45) is 5.92 Å². The van der Waals surface area contributed by atoms with Gasteiger partial charge in [0.1, 0.15) is 0 Å². The smallest absolute Gasteiger partial charge is 0.0832 e. The fourth-order valence-corrected chi connectivity index (χ4v) is 1.93. The van der Waals surface area contributed by atoms with Gasteiger partial charge in [0.05, 0.1) is 12.2 Å². The predicted molar refractivity (Wildman–Crippen MR) is 44.4 cm³/mol. The number of aliphatic hydroxyl groups is 1. The molecule has 0 heterocycles. The van der Waals surface area contributed by atoms with Gasteiger partial charge < -0.3 is 9.84 Å². The van der Waals surface area contributed by atoms with Crippen molar-refractivity contribution in [2.45, 2.75) is 44.8 Å². The summed E-state index contributed by atoms with van der Waals surface area (Å²) in [7, 11) is 1.69. The fourth-order valence-electron chi connectivity index (χ4n) is 1.93. The van der Waals surface area contributed by atoms with Crippen LogP contribution in [0, 0.1) is 5.92 Å². The molecule has 0 aromatic rings. The van der Waals surface area contributed by atoms with E-state index in [0.717, 1.165) is 19.3 Å². The number of aliphatic hydroxyl groups excluding tert-OH is 1. The van der Waals surface area contributed by atoms with Crippen molar-refractivity contribution >= 4 is 0 Å². The zero-order valence-corrected chi connectivity index (χ0v) is 7.42. The average Bonchev–Trinajstić information content (AvgIpc) is 2.05. The van der Waals surface area contributed by atoms with Crippen molar-refractivity contribution < 1.29 is 9.84 Å². The highest BCUT2D eigenvalue weighted by Crippen LogP contribution is 2.28. The highest BCUT2D eigenvalue weighted by molar-refractivity contribution is 4.81. The summed E-state index contributed by atoms with van der Waals surface area (Å²) in [6, 6.07) is 0. The molecular weight excluding hydrogens is 140 g/mol. The minimum atomic E-state index is -0.223. The number of rotatable bonds is 2. The van der Waals surface area contributed by atoms with Crippen molar-refractivity contribution in [1.29, 1.82) is 0 Å². The van der Waals surface area contributed by atoms with Crippen LogP contribution in [0.15, 0.2) is 0 Å². The van der Waals surface area contributed by atoms with E-state index in [1.54, 1.807) is 7.11 Å². The van der Waals surface area contributed by atoms with E-state index in [-0.39, 0.29) is 12.2 Å². The lowest BCUT2D eigenvalue weighted by Crippen LogP contribution is -2.38. The van der Waals surface area contributed by atoms with Gasteiger partial charge in [0, 0.05) is 7.11 Å². The van der Waals surface area contributed by atoms with Crippen LogP contribution < -0.4 is 0 Å². The van der Waals surface area contributed by atoms with Crippen molar-refractivity contribution in [3.05, 3.63) is 0 Å². The lowest BCUT2D eigenvalue weighted by molar-refractivity contribution is -0.0668. The molecule has 1 aliphatic rings. The number of methoxy groups -OCH3 is 1. The molecule has 1 rings (SSSR count). The first-order chi connectivity index (χ1) is 5.29. The monoisotopic (exact) mass is 158 g/mol. The largest absolute Gasteiger partial charge is 0.390 e. The van der Waals surface area contributed by atoms with Crippen molar-refractivity contribution in [2.75, 3.05) is 7.11 Å². The molecule has 1 fully saturated rings. The standard InChI is InChI=1S/C9H18O2/c1-3-7-5-4-6-8(11-2)9(7)10/h7-10H,3-6H2,1-2H3. The normalized spacial score (nSPS) is 39.0. The lowest BCUT2D eigenvalue weighted by atomic mass is 9.83. The first-order valence-corrected chi connectivity index (χ1v) is 4.50. The summed E-state index contributed by atoms with van der Waals surface area (Å²) in [5.41, 5.74) is 0. The zero-order chi connectivity index (χ0) is 8.27. The SMILES string of the molecule is CCC1CCCC(OC)C1O. The number of hydrogen-bond donors (Lipinski definition) is 1. The molecule has 0 spiro atoms. The minimum absolute atomic E-state index is 0.0914. The van der Waals surface area contributed by atoms with Gasteiger partial charge in [0.15, 0.2) is 0 Å². The maximum absolute atomic E-state index is 9.70. The molecule has 3 unspecified atom stereocenters. The molecule has 0 saturated heterocycles. The van der Waals surface area contributed by atoms with Gasteiger partial charge in [-0.05, 0) is 18.8 Å². The van der Waals surface area contributed by atoms with Gasteiger partial charge >= 0.3 is 0 Å². The van der Waals surface area contributed by atoms with Gasteiger partial charge in [0.25, 0.3) is 0 Å². The van der Waals surface area contributed by atoms with Crippen LogP contribution in [0.3, 0.4) is 0 Å². The lowest BCUT2D eigenvalue weighted by Gasteiger charge is -2.33. The van der Waals surface area contributed by atoms with Gasteiger partial charge in [-0.15, -0.1) is 0 Å². The highest BCUT2D eigenvalue weighted by atomic mass is 16.5. The summed E-state index contributed by atoms with van der Waals surface area (Å²) in [5.74, 6) is 0.466. The Balaban J connectivity index is 2.45. The van der Waals surface area contributed by atoms with Crippen LogP contribution in [-0.2, 0) is 4.74 Å². The predicted octanol–water partition coefficient (Wildman–Crippen LogP) is 1.57. The molecule has 1 aliphatic carbocycles. The topological polar surface area (TPSA) is 29.5 Å². The van der Waals surface area contributed by atoms with Gasteiger partial charge in [-0.2, -0.15) is 0 Å². The van der Waals surface area contributed by atoms with Gasteiger partial charge in [-0.25, -0.2) is 0 Å². The minimum Gasteiger partial charge on any atom is -0.390 e. The summed E-state index contributed by atoms with van der Waals surface area (Å²) in [6.07, 6.45) is 4.33. The maximum Gasteiger partial charge on any atom is 0.0832 e. The molecule has 0 radical (unpaired) electrons. The van der Waals surface area contributed by atoms with Crippen molar-refractivity contribution in [3.8, 4) is 0 Å². The summed E-state index contributed by atoms with van der Waals surface area (Å²) in [4.78, 5) is 0.